The molecule has 2 rings (SSSR count). The molecule has 0 saturated carbocycles. The fraction of sp³-hybridized carbons (Fsp3) is 0.500. The smallest absolute Gasteiger partial charge is 0.119 e. The van der Waals surface area contributed by atoms with E-state index in [1.807, 2.05) is 24.3 Å². The molecule has 0 N–H and O–H groups in total. The molecule has 3 nitrogen and oxygen atoms in total. The molecule has 1 saturated heterocycles. The zero-order chi connectivity index (χ0) is 11.4. The molecule has 1 aliphatic rings. The molecule has 1 aromatic rings. The number of benzene rings is 1. The summed E-state index contributed by atoms with van der Waals surface area (Å²) in [7, 11) is 1.67. The van der Waals surface area contributed by atoms with E-state index in [4.69, 9.17) is 14.2 Å². The van der Waals surface area contributed by atoms with Gasteiger partial charge in [-0.05, 0) is 17.7 Å². The van der Waals surface area contributed by atoms with Crippen molar-refractivity contribution in [1.82, 2.24) is 0 Å². The summed E-state index contributed by atoms with van der Waals surface area (Å²) < 4.78 is 16.2. The van der Waals surface area contributed by atoms with Gasteiger partial charge in [-0.25, -0.2) is 0 Å². The second-order valence-electron chi connectivity index (χ2n) is 3.72. The van der Waals surface area contributed by atoms with Gasteiger partial charge in [0.25, 0.3) is 0 Å². The number of alkyl halides is 1. The fourth-order valence-corrected chi connectivity index (χ4v) is 2.10. The van der Waals surface area contributed by atoms with Gasteiger partial charge in [-0.3, -0.25) is 0 Å². The third-order valence-corrected chi connectivity index (χ3v) is 3.16. The van der Waals surface area contributed by atoms with E-state index in [1.165, 1.54) is 0 Å². The third kappa shape index (κ3) is 2.75. The molecule has 1 fully saturated rings. The van der Waals surface area contributed by atoms with E-state index < -0.39 is 0 Å². The number of ether oxygens (including phenoxy) is 3. The van der Waals surface area contributed by atoms with Crippen LogP contribution in [0, 0.1) is 0 Å². The molecule has 88 valence electrons. The molecular formula is C12H15BrO3. The van der Waals surface area contributed by atoms with Crippen LogP contribution in [0.1, 0.15) is 11.7 Å². The number of halogens is 1. The first-order chi connectivity index (χ1) is 7.83. The van der Waals surface area contributed by atoms with Gasteiger partial charge in [0.05, 0.1) is 26.4 Å². The first-order valence-corrected chi connectivity index (χ1v) is 6.38. The molecule has 1 heterocycles. The average molecular weight is 287 g/mol. The highest BCUT2D eigenvalue weighted by molar-refractivity contribution is 9.09. The summed E-state index contributed by atoms with van der Waals surface area (Å²) in [5, 5.41) is 0.774. The van der Waals surface area contributed by atoms with Gasteiger partial charge >= 0.3 is 0 Å². The second kappa shape index (κ2) is 5.66. The average Bonchev–Trinajstić information content (AvgIpc) is 2.28. The first-order valence-electron chi connectivity index (χ1n) is 5.26. The largest absolute Gasteiger partial charge is 0.497 e. The summed E-state index contributed by atoms with van der Waals surface area (Å²) in [4.78, 5) is 0. The van der Waals surface area contributed by atoms with Crippen LogP contribution in [0.5, 0.6) is 5.75 Å². The van der Waals surface area contributed by atoms with Gasteiger partial charge < -0.3 is 14.2 Å². The van der Waals surface area contributed by atoms with E-state index in [1.54, 1.807) is 7.11 Å². The number of hydrogen-bond donors (Lipinski definition) is 0. The van der Waals surface area contributed by atoms with Crippen molar-refractivity contribution in [2.75, 3.05) is 25.7 Å². The maximum atomic E-state index is 5.89. The second-order valence-corrected chi connectivity index (χ2v) is 4.36. The minimum absolute atomic E-state index is 0.0593. The van der Waals surface area contributed by atoms with Gasteiger partial charge in [-0.1, -0.05) is 28.1 Å². The van der Waals surface area contributed by atoms with Gasteiger partial charge in [0.15, 0.2) is 0 Å². The molecule has 16 heavy (non-hydrogen) atoms. The molecule has 4 heteroatoms. The molecule has 0 bridgehead atoms. The Kier molecular flexibility index (Phi) is 4.21. The summed E-state index contributed by atoms with van der Waals surface area (Å²) in [6.07, 6.45) is 0.290. The van der Waals surface area contributed by atoms with E-state index >= 15 is 0 Å². The maximum Gasteiger partial charge on any atom is 0.119 e. The van der Waals surface area contributed by atoms with Crippen molar-refractivity contribution in [2.24, 2.45) is 0 Å². The van der Waals surface area contributed by atoms with Crippen LogP contribution in [0.15, 0.2) is 24.3 Å². The molecule has 1 aromatic carbocycles. The van der Waals surface area contributed by atoms with Gasteiger partial charge in [0.2, 0.25) is 0 Å². The Hall–Kier alpha value is -0.580. The van der Waals surface area contributed by atoms with Gasteiger partial charge in [-0.2, -0.15) is 0 Å². The molecular weight excluding hydrogens is 272 g/mol. The van der Waals surface area contributed by atoms with E-state index in [0.717, 1.165) is 16.6 Å². The molecule has 1 aliphatic heterocycles. The van der Waals surface area contributed by atoms with Crippen LogP contribution in [0.4, 0.5) is 0 Å². The Morgan fingerprint density at radius 1 is 1.50 bits per heavy atom. The zero-order valence-electron chi connectivity index (χ0n) is 9.19. The monoisotopic (exact) mass is 286 g/mol. The maximum absolute atomic E-state index is 5.89. The molecule has 0 spiro atoms. The molecule has 0 aromatic heterocycles. The Morgan fingerprint density at radius 3 is 2.88 bits per heavy atom. The molecule has 0 amide bonds. The van der Waals surface area contributed by atoms with Gasteiger partial charge in [0.1, 0.15) is 11.9 Å². The predicted molar refractivity (Wildman–Crippen MR) is 65.2 cm³/mol. The molecule has 0 radical (unpaired) electrons. The van der Waals surface area contributed by atoms with Crippen molar-refractivity contribution in [1.29, 1.82) is 0 Å². The van der Waals surface area contributed by atoms with Crippen molar-refractivity contribution in [3.05, 3.63) is 29.8 Å². The summed E-state index contributed by atoms with van der Waals surface area (Å²) >= 11 is 3.47. The highest BCUT2D eigenvalue weighted by Gasteiger charge is 2.24. The lowest BCUT2D eigenvalue weighted by atomic mass is 10.1. The summed E-state index contributed by atoms with van der Waals surface area (Å²) in [6, 6.07) is 7.96. The molecule has 1 atom stereocenters. The zero-order valence-corrected chi connectivity index (χ0v) is 10.8. The van der Waals surface area contributed by atoms with Crippen molar-refractivity contribution in [2.45, 2.75) is 12.2 Å². The fourth-order valence-electron chi connectivity index (χ4n) is 1.57. The molecule has 1 unspecified atom stereocenters. The van der Waals surface area contributed by atoms with E-state index in [0.29, 0.717) is 13.2 Å². The predicted octanol–water partition coefficient (Wildman–Crippen LogP) is 2.55. The van der Waals surface area contributed by atoms with Gasteiger partial charge in [-0.15, -0.1) is 0 Å². The van der Waals surface area contributed by atoms with Crippen LogP contribution in [0.25, 0.3) is 0 Å². The Morgan fingerprint density at radius 2 is 2.31 bits per heavy atom. The van der Waals surface area contributed by atoms with Crippen molar-refractivity contribution in [3.63, 3.8) is 0 Å². The Labute approximate surface area is 104 Å². The summed E-state index contributed by atoms with van der Waals surface area (Å²) in [5.74, 6) is 0.858. The van der Waals surface area contributed by atoms with Crippen LogP contribution in [0.2, 0.25) is 0 Å². The summed E-state index contributed by atoms with van der Waals surface area (Å²) in [6.45, 7) is 1.40. The lowest BCUT2D eigenvalue weighted by molar-refractivity contribution is -0.150. The standard InChI is InChI=1S/C12H15BrO3/c1-14-10-4-2-3-9(5-10)12(6-13)16-11-7-15-8-11/h2-5,11-12H,6-8H2,1H3. The third-order valence-electron chi connectivity index (χ3n) is 2.57. The Bertz CT molecular complexity index is 339. The van der Waals surface area contributed by atoms with Crippen molar-refractivity contribution < 1.29 is 14.2 Å². The van der Waals surface area contributed by atoms with Crippen LogP contribution in [0.3, 0.4) is 0 Å². The highest BCUT2D eigenvalue weighted by Crippen LogP contribution is 2.26. The van der Waals surface area contributed by atoms with Crippen molar-refractivity contribution >= 4 is 15.9 Å². The number of methoxy groups -OCH3 is 1. The topological polar surface area (TPSA) is 27.7 Å². The van der Waals surface area contributed by atoms with E-state index in [-0.39, 0.29) is 12.2 Å². The van der Waals surface area contributed by atoms with Crippen LogP contribution in [-0.4, -0.2) is 31.8 Å². The molecule has 0 aliphatic carbocycles. The van der Waals surface area contributed by atoms with Crippen LogP contribution >= 0.6 is 15.9 Å². The van der Waals surface area contributed by atoms with Crippen LogP contribution in [-0.2, 0) is 9.47 Å². The lowest BCUT2D eigenvalue weighted by Crippen LogP contribution is -2.37. The van der Waals surface area contributed by atoms with E-state index in [9.17, 15) is 0 Å². The van der Waals surface area contributed by atoms with Crippen molar-refractivity contribution in [3.8, 4) is 5.75 Å². The first kappa shape index (κ1) is 11.9. The van der Waals surface area contributed by atoms with Gasteiger partial charge in [0, 0.05) is 5.33 Å². The minimum atomic E-state index is 0.0593. The van der Waals surface area contributed by atoms with Crippen LogP contribution < -0.4 is 4.74 Å². The SMILES string of the molecule is COc1cccc(C(CBr)OC2COC2)c1. The highest BCUT2D eigenvalue weighted by atomic mass is 79.9. The van der Waals surface area contributed by atoms with E-state index in [2.05, 4.69) is 15.9 Å². The number of hydrogen-bond acceptors (Lipinski definition) is 3. The number of rotatable bonds is 5. The normalized spacial score (nSPS) is 17.9. The Balaban J connectivity index is 2.05. The minimum Gasteiger partial charge on any atom is -0.497 e. The lowest BCUT2D eigenvalue weighted by Gasteiger charge is -2.30. The quantitative estimate of drug-likeness (QED) is 0.779. The summed E-state index contributed by atoms with van der Waals surface area (Å²) in [5.41, 5.74) is 1.13.